The summed E-state index contributed by atoms with van der Waals surface area (Å²) in [5.41, 5.74) is 8.40. The molecule has 6 nitrogen and oxygen atoms in total. The Bertz CT molecular complexity index is 795. The summed E-state index contributed by atoms with van der Waals surface area (Å²) in [6, 6.07) is 7.56. The smallest absolute Gasteiger partial charge is 0.273 e. The quantitative estimate of drug-likeness (QED) is 0.772. The normalized spacial score (nSPS) is 15.7. The molecule has 1 fully saturated rings. The molecule has 1 aliphatic rings. The zero-order chi connectivity index (χ0) is 19.4. The van der Waals surface area contributed by atoms with Gasteiger partial charge in [-0.15, -0.1) is 11.3 Å². The fourth-order valence-corrected chi connectivity index (χ4v) is 4.06. The van der Waals surface area contributed by atoms with Crippen LogP contribution in [0.3, 0.4) is 0 Å². The van der Waals surface area contributed by atoms with Crippen LogP contribution in [0.15, 0.2) is 29.6 Å². The van der Waals surface area contributed by atoms with Crippen LogP contribution < -0.4 is 10.6 Å². The Morgan fingerprint density at radius 3 is 2.44 bits per heavy atom. The van der Waals surface area contributed by atoms with Crippen molar-refractivity contribution >= 4 is 28.7 Å². The van der Waals surface area contributed by atoms with Crippen LogP contribution in [0.2, 0.25) is 0 Å². The van der Waals surface area contributed by atoms with Gasteiger partial charge in [-0.2, -0.15) is 0 Å². The van der Waals surface area contributed by atoms with Gasteiger partial charge < -0.3 is 15.5 Å². The number of carbonyl (C=O) groups excluding carboxylic acids is 2. The number of benzene rings is 1. The molecular formula is C20H26N4O2S. The topological polar surface area (TPSA) is 79.5 Å². The van der Waals surface area contributed by atoms with Gasteiger partial charge in [0.15, 0.2) is 5.78 Å². The van der Waals surface area contributed by atoms with Gasteiger partial charge in [-0.1, -0.05) is 13.3 Å². The predicted molar refractivity (Wildman–Crippen MR) is 109 cm³/mol. The number of carbonyl (C=O) groups is 2. The maximum atomic E-state index is 12.7. The molecule has 0 spiro atoms. The van der Waals surface area contributed by atoms with E-state index in [0.717, 1.165) is 36.6 Å². The summed E-state index contributed by atoms with van der Waals surface area (Å²) in [5, 5.41) is 2.66. The van der Waals surface area contributed by atoms with Gasteiger partial charge in [0.05, 0.1) is 6.04 Å². The second-order valence-electron chi connectivity index (χ2n) is 6.85. The third-order valence-corrected chi connectivity index (χ3v) is 5.84. The van der Waals surface area contributed by atoms with Crippen LogP contribution in [0.4, 0.5) is 5.69 Å². The molecule has 1 saturated heterocycles. The highest BCUT2D eigenvalue weighted by atomic mass is 32.1. The lowest BCUT2D eigenvalue weighted by Gasteiger charge is -2.35. The molecule has 144 valence electrons. The minimum Gasteiger partial charge on any atom is -0.368 e. The third kappa shape index (κ3) is 4.54. The van der Waals surface area contributed by atoms with Gasteiger partial charge in [-0.05, 0) is 37.6 Å². The third-order valence-electron chi connectivity index (χ3n) is 4.86. The maximum absolute atomic E-state index is 12.7. The van der Waals surface area contributed by atoms with Gasteiger partial charge >= 0.3 is 0 Å². The molecule has 1 atom stereocenters. The number of rotatable bonds is 6. The summed E-state index contributed by atoms with van der Waals surface area (Å²) in [6.07, 6.45) is 1.88. The van der Waals surface area contributed by atoms with E-state index in [-0.39, 0.29) is 17.7 Å². The molecule has 0 bridgehead atoms. The Morgan fingerprint density at radius 1 is 1.19 bits per heavy atom. The van der Waals surface area contributed by atoms with E-state index >= 15 is 0 Å². The highest BCUT2D eigenvalue weighted by Gasteiger charge is 2.24. The zero-order valence-electron chi connectivity index (χ0n) is 15.9. The molecule has 1 unspecified atom stereocenters. The molecular weight excluding hydrogens is 360 g/mol. The van der Waals surface area contributed by atoms with E-state index in [9.17, 15) is 9.59 Å². The Labute approximate surface area is 164 Å². The number of nitrogens with zero attached hydrogens (tertiary/aromatic N) is 3. The highest BCUT2D eigenvalue weighted by molar-refractivity contribution is 7.09. The van der Waals surface area contributed by atoms with E-state index in [1.54, 1.807) is 6.92 Å². The number of aromatic nitrogens is 1. The second kappa shape index (κ2) is 8.63. The molecule has 2 aromatic rings. The van der Waals surface area contributed by atoms with Crippen molar-refractivity contribution in [3.8, 4) is 0 Å². The number of nitrogens with two attached hydrogens (primary N) is 1. The van der Waals surface area contributed by atoms with Crippen LogP contribution in [-0.4, -0.2) is 47.8 Å². The van der Waals surface area contributed by atoms with Crippen LogP contribution >= 0.6 is 11.3 Å². The lowest BCUT2D eigenvalue weighted by atomic mass is 10.1. The van der Waals surface area contributed by atoms with Gasteiger partial charge in [0.2, 0.25) is 0 Å². The minimum absolute atomic E-state index is 0.0206. The van der Waals surface area contributed by atoms with E-state index in [1.807, 2.05) is 34.5 Å². The number of thiazole rings is 1. The van der Waals surface area contributed by atoms with Crippen LogP contribution in [0, 0.1) is 0 Å². The molecule has 1 amide bonds. The Morgan fingerprint density at radius 2 is 1.85 bits per heavy atom. The number of anilines is 1. The molecule has 1 aliphatic heterocycles. The van der Waals surface area contributed by atoms with Gasteiger partial charge in [-0.3, -0.25) is 9.59 Å². The summed E-state index contributed by atoms with van der Waals surface area (Å²) < 4.78 is 0. The van der Waals surface area contributed by atoms with Gasteiger partial charge in [0.1, 0.15) is 10.7 Å². The average molecular weight is 387 g/mol. The lowest BCUT2D eigenvalue weighted by molar-refractivity contribution is 0.0741. The van der Waals surface area contributed by atoms with Crippen LogP contribution in [-0.2, 0) is 0 Å². The van der Waals surface area contributed by atoms with Gasteiger partial charge in [0.25, 0.3) is 5.91 Å². The van der Waals surface area contributed by atoms with E-state index < -0.39 is 0 Å². The second-order valence-corrected chi connectivity index (χ2v) is 7.74. The number of amides is 1. The molecule has 0 saturated carbocycles. The molecule has 27 heavy (non-hydrogen) atoms. The van der Waals surface area contributed by atoms with E-state index in [1.165, 1.54) is 11.3 Å². The van der Waals surface area contributed by atoms with Crippen LogP contribution in [0.5, 0.6) is 0 Å². The molecule has 2 heterocycles. The Balaban J connectivity index is 1.58. The molecule has 3 rings (SSSR count). The summed E-state index contributed by atoms with van der Waals surface area (Å²) in [7, 11) is 0. The van der Waals surface area contributed by atoms with Crippen molar-refractivity contribution in [2.24, 2.45) is 5.73 Å². The van der Waals surface area contributed by atoms with Crippen molar-refractivity contribution in [3.05, 3.63) is 45.9 Å². The van der Waals surface area contributed by atoms with Crippen molar-refractivity contribution in [2.45, 2.75) is 32.7 Å². The summed E-state index contributed by atoms with van der Waals surface area (Å²) in [5.74, 6) is 0.0472. The Hall–Kier alpha value is -2.25. The van der Waals surface area contributed by atoms with Crippen molar-refractivity contribution < 1.29 is 9.59 Å². The largest absolute Gasteiger partial charge is 0.368 e. The van der Waals surface area contributed by atoms with Crippen molar-refractivity contribution in [3.63, 3.8) is 0 Å². The van der Waals surface area contributed by atoms with Crippen molar-refractivity contribution in [1.29, 1.82) is 0 Å². The highest BCUT2D eigenvalue weighted by Crippen LogP contribution is 2.22. The first-order valence-corrected chi connectivity index (χ1v) is 10.2. The van der Waals surface area contributed by atoms with E-state index in [0.29, 0.717) is 24.3 Å². The minimum atomic E-state index is -0.0867. The van der Waals surface area contributed by atoms with Gasteiger partial charge in [-0.25, -0.2) is 4.98 Å². The first kappa shape index (κ1) is 19.5. The zero-order valence-corrected chi connectivity index (χ0v) is 16.7. The molecule has 1 aromatic carbocycles. The van der Waals surface area contributed by atoms with E-state index in [4.69, 9.17) is 5.73 Å². The number of hydrogen-bond acceptors (Lipinski definition) is 6. The molecule has 0 aliphatic carbocycles. The van der Waals surface area contributed by atoms with E-state index in [2.05, 4.69) is 16.8 Å². The van der Waals surface area contributed by atoms with Gasteiger partial charge in [0, 0.05) is 42.8 Å². The molecule has 1 aromatic heterocycles. The predicted octanol–water partition coefficient (Wildman–Crippen LogP) is 3.11. The maximum Gasteiger partial charge on any atom is 0.273 e. The average Bonchev–Trinajstić information content (AvgIpc) is 3.18. The lowest BCUT2D eigenvalue weighted by Crippen LogP contribution is -2.48. The fraction of sp³-hybridized carbons (Fsp3) is 0.450. The van der Waals surface area contributed by atoms with Crippen molar-refractivity contribution in [1.82, 2.24) is 9.88 Å². The molecule has 2 N–H and O–H groups in total. The Kier molecular flexibility index (Phi) is 6.23. The van der Waals surface area contributed by atoms with Crippen LogP contribution in [0.1, 0.15) is 58.6 Å². The molecule has 7 heteroatoms. The van der Waals surface area contributed by atoms with Crippen LogP contribution in [0.25, 0.3) is 0 Å². The number of Topliss-reactive ketones (excluding diaryl/α,β-unsaturated/α-hetero) is 1. The van der Waals surface area contributed by atoms with Crippen molar-refractivity contribution in [2.75, 3.05) is 31.1 Å². The number of ketones is 1. The first-order chi connectivity index (χ1) is 13.0. The molecule has 0 radical (unpaired) electrons. The monoisotopic (exact) mass is 386 g/mol. The summed E-state index contributed by atoms with van der Waals surface area (Å²) in [6.45, 7) is 6.49. The first-order valence-electron chi connectivity index (χ1n) is 9.35. The summed E-state index contributed by atoms with van der Waals surface area (Å²) in [4.78, 5) is 32.7. The number of piperazine rings is 1. The number of hydrogen-bond donors (Lipinski definition) is 1. The summed E-state index contributed by atoms with van der Waals surface area (Å²) >= 11 is 1.47. The SMILES string of the molecule is CCCC(N)c1nc(C(=O)N2CCN(c3ccc(C(C)=O)cc3)CC2)cs1. The fourth-order valence-electron chi connectivity index (χ4n) is 3.23. The standard InChI is InChI=1S/C20H26N4O2S/c1-3-4-17(21)19-22-18(13-27-19)20(26)24-11-9-23(10-12-24)16-7-5-15(6-8-16)14(2)25/h5-8,13,17H,3-4,9-12,21H2,1-2H3.